The Hall–Kier alpha value is -2.32. The van der Waals surface area contributed by atoms with Gasteiger partial charge in [0.25, 0.3) is 0 Å². The van der Waals surface area contributed by atoms with E-state index in [2.05, 4.69) is 9.71 Å². The fourth-order valence-electron chi connectivity index (χ4n) is 2.43. The largest absolute Gasteiger partial charge is 0.332 e. The molecule has 0 fully saturated rings. The second kappa shape index (κ2) is 6.66. The van der Waals surface area contributed by atoms with Crippen LogP contribution in [0.5, 0.6) is 0 Å². The van der Waals surface area contributed by atoms with Crippen molar-refractivity contribution in [2.24, 2.45) is 0 Å². The summed E-state index contributed by atoms with van der Waals surface area (Å²) in [7, 11) is -4.01. The molecule has 2 heterocycles. The molecule has 8 heteroatoms. The molecule has 0 spiro atoms. The second-order valence-corrected chi connectivity index (χ2v) is 6.99. The summed E-state index contributed by atoms with van der Waals surface area (Å²) in [5.74, 6) is -1.93. The number of nitrogens with one attached hydrogen (secondary N) is 1. The molecule has 3 rings (SSSR count). The zero-order valence-corrected chi connectivity index (χ0v) is 13.4. The highest BCUT2D eigenvalue weighted by molar-refractivity contribution is 7.89. The number of fused-ring (bicyclic) bond motifs is 1. The molecule has 0 unspecified atom stereocenters. The second-order valence-electron chi connectivity index (χ2n) is 5.25. The van der Waals surface area contributed by atoms with E-state index in [1.165, 1.54) is 0 Å². The van der Waals surface area contributed by atoms with Crippen LogP contribution < -0.4 is 4.72 Å². The molecule has 0 bridgehead atoms. The maximum Gasteiger partial charge on any atom is 0.243 e. The zero-order chi connectivity index (χ0) is 17.2. The Bertz CT molecular complexity index is 970. The number of hydrogen-bond donors (Lipinski definition) is 1. The highest BCUT2D eigenvalue weighted by Gasteiger charge is 2.18. The van der Waals surface area contributed by atoms with Crippen LogP contribution in [0.1, 0.15) is 6.42 Å². The molecule has 0 radical (unpaired) electrons. The minimum atomic E-state index is -4.01. The van der Waals surface area contributed by atoms with Gasteiger partial charge in [0.2, 0.25) is 10.0 Å². The van der Waals surface area contributed by atoms with Crippen molar-refractivity contribution in [3.05, 3.63) is 60.4 Å². The number of nitrogens with zero attached hydrogens (tertiary/aromatic N) is 2. The Morgan fingerprint density at radius 1 is 1.17 bits per heavy atom. The Morgan fingerprint density at radius 3 is 2.79 bits per heavy atom. The molecule has 2 aromatic heterocycles. The molecule has 0 saturated carbocycles. The van der Waals surface area contributed by atoms with Crippen LogP contribution in [0.2, 0.25) is 0 Å². The van der Waals surface area contributed by atoms with Crippen LogP contribution in [0.25, 0.3) is 11.0 Å². The summed E-state index contributed by atoms with van der Waals surface area (Å²) in [6.07, 6.45) is 4.08. The maximum atomic E-state index is 13.6. The fourth-order valence-corrected chi connectivity index (χ4v) is 3.56. The summed E-state index contributed by atoms with van der Waals surface area (Å²) < 4.78 is 54.8. The van der Waals surface area contributed by atoms with Crippen molar-refractivity contribution in [2.45, 2.75) is 17.9 Å². The third-order valence-electron chi connectivity index (χ3n) is 3.57. The van der Waals surface area contributed by atoms with Crippen LogP contribution in [-0.2, 0) is 16.6 Å². The first kappa shape index (κ1) is 16.5. The van der Waals surface area contributed by atoms with E-state index < -0.39 is 26.6 Å². The van der Waals surface area contributed by atoms with Gasteiger partial charge in [-0.3, -0.25) is 0 Å². The number of aromatic nitrogens is 2. The standard InChI is InChI=1S/C16H15F2N3O2S/c17-13-4-5-15(14(18)11-13)24(22,23)20-8-2-9-21-10-6-12-3-1-7-19-16(12)21/h1,3-7,10-11,20H,2,8-9H2. The number of halogens is 2. The predicted molar refractivity (Wildman–Crippen MR) is 85.9 cm³/mol. The molecule has 126 valence electrons. The molecule has 1 aromatic carbocycles. The Kier molecular flexibility index (Phi) is 4.59. The fraction of sp³-hybridized carbons (Fsp3) is 0.188. The monoisotopic (exact) mass is 351 g/mol. The lowest BCUT2D eigenvalue weighted by atomic mass is 10.3. The third-order valence-corrected chi connectivity index (χ3v) is 5.07. The van der Waals surface area contributed by atoms with E-state index in [-0.39, 0.29) is 6.54 Å². The van der Waals surface area contributed by atoms with Gasteiger partial charge in [0.1, 0.15) is 22.2 Å². The first-order chi connectivity index (χ1) is 11.5. The number of rotatable bonds is 6. The molecule has 0 aliphatic rings. The number of aryl methyl sites for hydroxylation is 1. The third kappa shape index (κ3) is 3.44. The minimum absolute atomic E-state index is 0.131. The van der Waals surface area contributed by atoms with Crippen molar-refractivity contribution in [1.82, 2.24) is 14.3 Å². The van der Waals surface area contributed by atoms with Crippen LogP contribution in [-0.4, -0.2) is 24.5 Å². The Labute approximate surface area is 138 Å². The van der Waals surface area contributed by atoms with Gasteiger partial charge >= 0.3 is 0 Å². The van der Waals surface area contributed by atoms with Crippen molar-refractivity contribution in [1.29, 1.82) is 0 Å². The molecule has 0 aliphatic heterocycles. The van der Waals surface area contributed by atoms with E-state index in [9.17, 15) is 17.2 Å². The summed E-state index contributed by atoms with van der Waals surface area (Å²) in [6, 6.07) is 8.09. The lowest BCUT2D eigenvalue weighted by Gasteiger charge is -2.08. The molecule has 0 atom stereocenters. The van der Waals surface area contributed by atoms with Gasteiger partial charge in [-0.2, -0.15) is 0 Å². The predicted octanol–water partition coefficient (Wildman–Crippen LogP) is 2.68. The van der Waals surface area contributed by atoms with Gasteiger partial charge in [0, 0.05) is 36.9 Å². The average molecular weight is 351 g/mol. The zero-order valence-electron chi connectivity index (χ0n) is 12.6. The first-order valence-electron chi connectivity index (χ1n) is 7.32. The van der Waals surface area contributed by atoms with Gasteiger partial charge in [-0.05, 0) is 36.8 Å². The Balaban J connectivity index is 1.61. The van der Waals surface area contributed by atoms with E-state index in [4.69, 9.17) is 0 Å². The van der Waals surface area contributed by atoms with E-state index in [0.717, 1.165) is 23.2 Å². The molecular weight excluding hydrogens is 336 g/mol. The lowest BCUT2D eigenvalue weighted by molar-refractivity contribution is 0.540. The number of hydrogen-bond acceptors (Lipinski definition) is 3. The summed E-state index contributed by atoms with van der Waals surface area (Å²) in [5, 5.41) is 1.01. The normalized spacial score (nSPS) is 11.9. The summed E-state index contributed by atoms with van der Waals surface area (Å²) in [4.78, 5) is 3.72. The van der Waals surface area contributed by atoms with Crippen LogP contribution in [0.3, 0.4) is 0 Å². The van der Waals surface area contributed by atoms with Crippen molar-refractivity contribution < 1.29 is 17.2 Å². The van der Waals surface area contributed by atoms with Gasteiger partial charge in [-0.25, -0.2) is 26.9 Å². The molecule has 0 amide bonds. The highest BCUT2D eigenvalue weighted by atomic mass is 32.2. The van der Waals surface area contributed by atoms with E-state index in [1.54, 1.807) is 6.20 Å². The number of sulfonamides is 1. The van der Waals surface area contributed by atoms with Crippen LogP contribution >= 0.6 is 0 Å². The molecule has 24 heavy (non-hydrogen) atoms. The molecule has 0 saturated heterocycles. The van der Waals surface area contributed by atoms with E-state index in [0.29, 0.717) is 19.0 Å². The summed E-state index contributed by atoms with van der Waals surface area (Å²) in [6.45, 7) is 0.695. The van der Waals surface area contributed by atoms with E-state index >= 15 is 0 Å². The van der Waals surface area contributed by atoms with Crippen LogP contribution in [0.4, 0.5) is 8.78 Å². The summed E-state index contributed by atoms with van der Waals surface area (Å²) >= 11 is 0. The molecule has 3 aromatic rings. The van der Waals surface area contributed by atoms with Crippen molar-refractivity contribution >= 4 is 21.1 Å². The number of benzene rings is 1. The topological polar surface area (TPSA) is 64.0 Å². The van der Waals surface area contributed by atoms with Crippen LogP contribution in [0, 0.1) is 11.6 Å². The van der Waals surface area contributed by atoms with Crippen LogP contribution in [0.15, 0.2) is 53.7 Å². The van der Waals surface area contributed by atoms with Crippen molar-refractivity contribution in [2.75, 3.05) is 6.54 Å². The van der Waals surface area contributed by atoms with Crippen molar-refractivity contribution in [3.8, 4) is 0 Å². The van der Waals surface area contributed by atoms with Gasteiger partial charge < -0.3 is 4.57 Å². The average Bonchev–Trinajstić information content (AvgIpc) is 2.94. The quantitative estimate of drug-likeness (QED) is 0.695. The lowest BCUT2D eigenvalue weighted by Crippen LogP contribution is -2.26. The SMILES string of the molecule is O=S(=O)(NCCCn1ccc2cccnc21)c1ccc(F)cc1F. The molecular formula is C16H15F2N3O2S. The molecule has 0 aliphatic carbocycles. The van der Waals surface area contributed by atoms with Gasteiger partial charge in [0.05, 0.1) is 0 Å². The first-order valence-corrected chi connectivity index (χ1v) is 8.80. The van der Waals surface area contributed by atoms with Gasteiger partial charge in [0.15, 0.2) is 0 Å². The minimum Gasteiger partial charge on any atom is -0.332 e. The molecule has 5 nitrogen and oxygen atoms in total. The maximum absolute atomic E-state index is 13.6. The smallest absolute Gasteiger partial charge is 0.243 e. The Morgan fingerprint density at radius 2 is 2.00 bits per heavy atom. The number of pyridine rings is 1. The van der Waals surface area contributed by atoms with E-state index in [1.807, 2.05) is 29.0 Å². The van der Waals surface area contributed by atoms with Gasteiger partial charge in [-0.15, -0.1) is 0 Å². The van der Waals surface area contributed by atoms with Crippen molar-refractivity contribution in [3.63, 3.8) is 0 Å². The summed E-state index contributed by atoms with van der Waals surface area (Å²) in [5.41, 5.74) is 0.824. The highest BCUT2D eigenvalue weighted by Crippen LogP contribution is 2.15. The van der Waals surface area contributed by atoms with Gasteiger partial charge in [-0.1, -0.05) is 0 Å². The molecule has 1 N–H and O–H groups in total.